The first kappa shape index (κ1) is 13.4. The molecule has 0 aliphatic rings. The van der Waals surface area contributed by atoms with Crippen LogP contribution in [0.2, 0.25) is 5.02 Å². The molecule has 104 valence electrons. The zero-order valence-corrected chi connectivity index (χ0v) is 11.8. The minimum Gasteiger partial charge on any atom is -0.364 e. The number of benzene rings is 2. The lowest BCUT2D eigenvalue weighted by Crippen LogP contribution is -2.12. The van der Waals surface area contributed by atoms with Crippen LogP contribution in [0, 0.1) is 0 Å². The predicted octanol–water partition coefficient (Wildman–Crippen LogP) is 3.29. The summed E-state index contributed by atoms with van der Waals surface area (Å²) < 4.78 is 1.67. The Hall–Kier alpha value is -2.59. The van der Waals surface area contributed by atoms with Gasteiger partial charge in [0, 0.05) is 10.6 Å². The van der Waals surface area contributed by atoms with Crippen LogP contribution in [-0.4, -0.2) is 15.7 Å². The van der Waals surface area contributed by atoms with Crippen LogP contribution in [0.15, 0.2) is 60.7 Å². The van der Waals surface area contributed by atoms with E-state index in [0.29, 0.717) is 5.02 Å². The summed E-state index contributed by atoms with van der Waals surface area (Å²) in [5.74, 6) is -0.571. The largest absolute Gasteiger partial charge is 0.364 e. The maximum absolute atomic E-state index is 11.4. The van der Waals surface area contributed by atoms with Crippen LogP contribution in [0.25, 0.3) is 16.9 Å². The van der Waals surface area contributed by atoms with Gasteiger partial charge in [0.15, 0.2) is 5.69 Å². The van der Waals surface area contributed by atoms with Gasteiger partial charge in [-0.3, -0.25) is 4.79 Å². The number of nitrogens with two attached hydrogens (primary N) is 1. The van der Waals surface area contributed by atoms with Crippen LogP contribution in [0.5, 0.6) is 0 Å². The highest BCUT2D eigenvalue weighted by molar-refractivity contribution is 6.33. The minimum atomic E-state index is -0.571. The molecule has 0 atom stereocenters. The number of amides is 1. The fourth-order valence-corrected chi connectivity index (χ4v) is 2.36. The van der Waals surface area contributed by atoms with Crippen LogP contribution in [0.4, 0.5) is 0 Å². The van der Waals surface area contributed by atoms with Crippen molar-refractivity contribution < 1.29 is 4.79 Å². The third-order valence-electron chi connectivity index (χ3n) is 3.11. The molecule has 1 amide bonds. The number of aromatic nitrogens is 2. The number of rotatable bonds is 3. The topological polar surface area (TPSA) is 60.9 Å². The highest BCUT2D eigenvalue weighted by atomic mass is 35.5. The summed E-state index contributed by atoms with van der Waals surface area (Å²) in [6, 6.07) is 18.6. The standard InChI is InChI=1S/C16H12ClN3O/c17-13-9-5-4-8-12(13)15-10-14(16(18)21)19-20(15)11-6-2-1-3-7-11/h1-10H,(H2,18,21). The molecule has 21 heavy (non-hydrogen) atoms. The summed E-state index contributed by atoms with van der Waals surface area (Å²) in [6.07, 6.45) is 0. The lowest BCUT2D eigenvalue weighted by molar-refractivity contribution is 0.0995. The molecular weight excluding hydrogens is 286 g/mol. The SMILES string of the molecule is NC(=O)c1cc(-c2ccccc2Cl)n(-c2ccccc2)n1. The molecule has 2 aromatic carbocycles. The van der Waals surface area contributed by atoms with E-state index in [-0.39, 0.29) is 5.69 Å². The highest BCUT2D eigenvalue weighted by Crippen LogP contribution is 2.30. The monoisotopic (exact) mass is 297 g/mol. The molecular formula is C16H12ClN3O. The fraction of sp³-hybridized carbons (Fsp3) is 0. The average Bonchev–Trinajstić information content (AvgIpc) is 2.94. The summed E-state index contributed by atoms with van der Waals surface area (Å²) >= 11 is 6.25. The molecule has 0 spiro atoms. The van der Waals surface area contributed by atoms with Gasteiger partial charge in [-0.2, -0.15) is 5.10 Å². The second-order valence-electron chi connectivity index (χ2n) is 4.51. The summed E-state index contributed by atoms with van der Waals surface area (Å²) in [5, 5.41) is 4.87. The van der Waals surface area contributed by atoms with E-state index in [9.17, 15) is 4.79 Å². The molecule has 0 aliphatic heterocycles. The van der Waals surface area contributed by atoms with Crippen molar-refractivity contribution in [1.82, 2.24) is 9.78 Å². The summed E-state index contributed by atoms with van der Waals surface area (Å²) in [4.78, 5) is 11.4. The zero-order valence-electron chi connectivity index (χ0n) is 11.0. The molecule has 0 radical (unpaired) electrons. The number of carbonyl (C=O) groups is 1. The summed E-state index contributed by atoms with van der Waals surface area (Å²) in [7, 11) is 0. The molecule has 3 aromatic rings. The van der Waals surface area contributed by atoms with E-state index in [2.05, 4.69) is 5.10 Å². The van der Waals surface area contributed by atoms with E-state index in [0.717, 1.165) is 16.9 Å². The van der Waals surface area contributed by atoms with E-state index in [1.807, 2.05) is 48.5 Å². The smallest absolute Gasteiger partial charge is 0.269 e. The van der Waals surface area contributed by atoms with E-state index in [4.69, 9.17) is 17.3 Å². The van der Waals surface area contributed by atoms with Gasteiger partial charge in [-0.1, -0.05) is 48.0 Å². The number of hydrogen-bond acceptors (Lipinski definition) is 2. The van der Waals surface area contributed by atoms with Crippen molar-refractivity contribution in [2.75, 3.05) is 0 Å². The number of hydrogen-bond donors (Lipinski definition) is 1. The normalized spacial score (nSPS) is 10.5. The minimum absolute atomic E-state index is 0.203. The van der Waals surface area contributed by atoms with Crippen molar-refractivity contribution in [2.24, 2.45) is 5.73 Å². The van der Waals surface area contributed by atoms with Crippen molar-refractivity contribution in [3.8, 4) is 16.9 Å². The summed E-state index contributed by atoms with van der Waals surface area (Å²) in [6.45, 7) is 0. The first-order valence-electron chi connectivity index (χ1n) is 6.37. The van der Waals surface area contributed by atoms with Crippen molar-refractivity contribution in [3.63, 3.8) is 0 Å². The molecule has 0 unspecified atom stereocenters. The molecule has 5 heteroatoms. The van der Waals surface area contributed by atoms with Gasteiger partial charge in [-0.05, 0) is 24.3 Å². The second kappa shape index (κ2) is 5.42. The second-order valence-corrected chi connectivity index (χ2v) is 4.91. The molecule has 3 rings (SSSR count). The molecule has 4 nitrogen and oxygen atoms in total. The quantitative estimate of drug-likeness (QED) is 0.806. The van der Waals surface area contributed by atoms with Gasteiger partial charge in [0.1, 0.15) is 0 Å². The van der Waals surface area contributed by atoms with Gasteiger partial charge in [-0.15, -0.1) is 0 Å². The van der Waals surface area contributed by atoms with E-state index >= 15 is 0 Å². The maximum atomic E-state index is 11.4. The molecule has 1 aromatic heterocycles. The highest BCUT2D eigenvalue weighted by Gasteiger charge is 2.16. The Bertz CT molecular complexity index is 796. The van der Waals surface area contributed by atoms with Gasteiger partial charge in [0.25, 0.3) is 5.91 Å². The molecule has 0 saturated carbocycles. The molecule has 0 saturated heterocycles. The lowest BCUT2D eigenvalue weighted by Gasteiger charge is -2.08. The van der Waals surface area contributed by atoms with Crippen molar-refractivity contribution in [1.29, 1.82) is 0 Å². The van der Waals surface area contributed by atoms with Gasteiger partial charge in [-0.25, -0.2) is 4.68 Å². The third kappa shape index (κ3) is 2.53. The van der Waals surface area contributed by atoms with Crippen LogP contribution in [0.3, 0.4) is 0 Å². The van der Waals surface area contributed by atoms with Crippen LogP contribution in [-0.2, 0) is 0 Å². The van der Waals surface area contributed by atoms with Gasteiger partial charge in [0.05, 0.1) is 11.4 Å². The number of carbonyl (C=O) groups excluding carboxylic acids is 1. The first-order chi connectivity index (χ1) is 10.2. The predicted molar refractivity (Wildman–Crippen MR) is 82.5 cm³/mol. The Morgan fingerprint density at radius 3 is 2.38 bits per heavy atom. The Kier molecular flexibility index (Phi) is 3.46. The van der Waals surface area contributed by atoms with Gasteiger partial charge < -0.3 is 5.73 Å². The molecule has 0 fully saturated rings. The maximum Gasteiger partial charge on any atom is 0.269 e. The van der Waals surface area contributed by atoms with Crippen molar-refractivity contribution in [2.45, 2.75) is 0 Å². The van der Waals surface area contributed by atoms with Gasteiger partial charge >= 0.3 is 0 Å². The number of halogens is 1. The molecule has 2 N–H and O–H groups in total. The van der Waals surface area contributed by atoms with E-state index in [1.165, 1.54) is 0 Å². The fourth-order valence-electron chi connectivity index (χ4n) is 2.13. The number of para-hydroxylation sites is 1. The van der Waals surface area contributed by atoms with Crippen LogP contribution >= 0.6 is 11.6 Å². The molecule has 1 heterocycles. The Morgan fingerprint density at radius 1 is 1.05 bits per heavy atom. The molecule has 0 bridgehead atoms. The summed E-state index contributed by atoms with van der Waals surface area (Å²) in [5.41, 5.74) is 7.90. The van der Waals surface area contributed by atoms with Crippen molar-refractivity contribution >= 4 is 17.5 Å². The Morgan fingerprint density at radius 2 is 1.71 bits per heavy atom. The van der Waals surface area contributed by atoms with Crippen LogP contribution < -0.4 is 5.73 Å². The molecule has 0 aliphatic carbocycles. The van der Waals surface area contributed by atoms with E-state index in [1.54, 1.807) is 16.8 Å². The van der Waals surface area contributed by atoms with Crippen molar-refractivity contribution in [3.05, 3.63) is 71.4 Å². The zero-order chi connectivity index (χ0) is 14.8. The third-order valence-corrected chi connectivity index (χ3v) is 3.44. The lowest BCUT2D eigenvalue weighted by atomic mass is 10.1. The average molecular weight is 298 g/mol. The van der Waals surface area contributed by atoms with Gasteiger partial charge in [0.2, 0.25) is 0 Å². The van der Waals surface area contributed by atoms with Crippen LogP contribution in [0.1, 0.15) is 10.5 Å². The Balaban J connectivity index is 2.24. The Labute approximate surface area is 126 Å². The number of primary amides is 1. The first-order valence-corrected chi connectivity index (χ1v) is 6.75. The number of nitrogens with zero attached hydrogens (tertiary/aromatic N) is 2. The van der Waals surface area contributed by atoms with E-state index < -0.39 is 5.91 Å².